The van der Waals surface area contributed by atoms with E-state index in [1.807, 2.05) is 24.3 Å². The smallest absolute Gasteiger partial charge is 0.434 e. The van der Waals surface area contributed by atoms with Crippen molar-refractivity contribution in [1.29, 1.82) is 0 Å². The number of benzene rings is 1. The minimum Gasteiger partial charge on any atom is -0.497 e. The van der Waals surface area contributed by atoms with Crippen LogP contribution in [0.2, 0.25) is 0 Å². The largest absolute Gasteiger partial charge is 0.497 e. The Kier molecular flexibility index (Phi) is 6.75. The van der Waals surface area contributed by atoms with Crippen molar-refractivity contribution in [3.8, 4) is 16.9 Å². The van der Waals surface area contributed by atoms with Crippen LogP contribution in [0.1, 0.15) is 15.6 Å². The Morgan fingerprint density at radius 3 is 2.41 bits per heavy atom. The molecule has 2 N–H and O–H groups in total. The number of halogens is 3. The van der Waals surface area contributed by atoms with Crippen molar-refractivity contribution < 1.29 is 17.9 Å². The van der Waals surface area contributed by atoms with Crippen molar-refractivity contribution >= 4 is 28.6 Å². The summed E-state index contributed by atoms with van der Waals surface area (Å²) in [4.78, 5) is 8.80. The number of aromatic nitrogens is 1. The van der Waals surface area contributed by atoms with E-state index < -0.39 is 11.9 Å². The Labute approximate surface area is 174 Å². The van der Waals surface area contributed by atoms with E-state index in [-0.39, 0.29) is 6.54 Å². The minimum atomic E-state index is -4.42. The molecule has 2 aromatic heterocycles. The van der Waals surface area contributed by atoms with Gasteiger partial charge >= 0.3 is 6.18 Å². The molecule has 5 nitrogen and oxygen atoms in total. The molecule has 0 amide bonds. The molecule has 0 atom stereocenters. The summed E-state index contributed by atoms with van der Waals surface area (Å²) in [5.74, 6) is 1.30. The lowest BCUT2D eigenvalue weighted by Gasteiger charge is -2.10. The highest BCUT2D eigenvalue weighted by Crippen LogP contribution is 2.30. The maximum Gasteiger partial charge on any atom is 0.434 e. The van der Waals surface area contributed by atoms with Gasteiger partial charge in [-0.1, -0.05) is 12.1 Å². The van der Waals surface area contributed by atoms with Crippen LogP contribution in [0.5, 0.6) is 5.75 Å². The quantitative estimate of drug-likeness (QED) is 0.429. The molecule has 0 spiro atoms. The second-order valence-corrected chi connectivity index (χ2v) is 7.87. The first-order valence-corrected chi connectivity index (χ1v) is 10.3. The molecule has 0 saturated heterocycles. The molecule has 0 saturated carbocycles. The van der Waals surface area contributed by atoms with Gasteiger partial charge in [0.1, 0.15) is 10.8 Å². The van der Waals surface area contributed by atoms with Gasteiger partial charge in [0.05, 0.1) is 20.2 Å². The van der Waals surface area contributed by atoms with E-state index >= 15 is 0 Å². The second kappa shape index (κ2) is 9.27. The summed E-state index contributed by atoms with van der Waals surface area (Å²) in [5, 5.41) is 9.57. The van der Waals surface area contributed by atoms with Crippen LogP contribution in [0, 0.1) is 0 Å². The van der Waals surface area contributed by atoms with Gasteiger partial charge in [-0.2, -0.15) is 13.2 Å². The monoisotopic (exact) mass is 440 g/mol. The Morgan fingerprint density at radius 2 is 1.79 bits per heavy atom. The normalized spacial score (nSPS) is 12.1. The van der Waals surface area contributed by atoms with E-state index in [9.17, 15) is 13.2 Å². The van der Waals surface area contributed by atoms with Gasteiger partial charge in [0.25, 0.3) is 0 Å². The number of rotatable bonds is 6. The second-order valence-electron chi connectivity index (χ2n) is 5.93. The van der Waals surface area contributed by atoms with Gasteiger partial charge in [0.2, 0.25) is 0 Å². The number of nitrogens with zero attached hydrogens (tertiary/aromatic N) is 2. The molecule has 0 bridgehead atoms. The van der Waals surface area contributed by atoms with E-state index in [2.05, 4.69) is 32.1 Å². The van der Waals surface area contributed by atoms with Crippen LogP contribution in [0.3, 0.4) is 0 Å². The lowest BCUT2D eigenvalue weighted by atomic mass is 10.1. The summed E-state index contributed by atoms with van der Waals surface area (Å²) in [6, 6.07) is 9.92. The van der Waals surface area contributed by atoms with Crippen molar-refractivity contribution in [2.45, 2.75) is 19.3 Å². The maximum atomic E-state index is 12.6. The molecule has 1 aromatic carbocycles. The summed E-state index contributed by atoms with van der Waals surface area (Å²) in [7, 11) is 3.24. The average Bonchev–Trinajstić information content (AvgIpc) is 3.38. The van der Waals surface area contributed by atoms with Crippen LogP contribution in [0.4, 0.5) is 13.2 Å². The summed E-state index contributed by atoms with van der Waals surface area (Å²) in [6.45, 7) is 0.716. The third kappa shape index (κ3) is 5.70. The molecule has 0 aliphatic carbocycles. The fraction of sp³-hybridized carbons (Fsp3) is 0.263. The van der Waals surface area contributed by atoms with Gasteiger partial charge in [-0.05, 0) is 34.7 Å². The fourth-order valence-electron chi connectivity index (χ4n) is 2.48. The van der Waals surface area contributed by atoms with Gasteiger partial charge in [-0.3, -0.25) is 4.99 Å². The number of ether oxygens (including phenoxy) is 1. The highest BCUT2D eigenvalue weighted by Gasteiger charge is 2.33. The molecule has 29 heavy (non-hydrogen) atoms. The van der Waals surface area contributed by atoms with E-state index in [1.165, 1.54) is 0 Å². The van der Waals surface area contributed by atoms with Crippen LogP contribution in [-0.2, 0) is 19.3 Å². The van der Waals surface area contributed by atoms with E-state index in [0.29, 0.717) is 17.5 Å². The molecule has 10 heteroatoms. The zero-order valence-electron chi connectivity index (χ0n) is 15.7. The highest BCUT2D eigenvalue weighted by atomic mass is 32.1. The van der Waals surface area contributed by atoms with E-state index in [1.54, 1.807) is 25.5 Å². The topological polar surface area (TPSA) is 58.5 Å². The molecule has 3 rings (SSSR count). The van der Waals surface area contributed by atoms with Gasteiger partial charge in [0, 0.05) is 17.3 Å². The van der Waals surface area contributed by atoms with Crippen molar-refractivity contribution in [3.05, 3.63) is 56.7 Å². The van der Waals surface area contributed by atoms with Gasteiger partial charge in [0.15, 0.2) is 11.7 Å². The zero-order chi connectivity index (χ0) is 20.9. The maximum absolute atomic E-state index is 12.6. The van der Waals surface area contributed by atoms with Gasteiger partial charge in [-0.25, -0.2) is 4.98 Å². The standard InChI is InChI=1S/C19H19F3N4OS2/c1-23-18(25-9-17-26-16(11-29-17)19(20,21)22)24-8-15-7-13(10-28-15)12-3-5-14(27-2)6-4-12/h3-7,10-11H,8-9H2,1-2H3,(H2,23,24,25). The first-order valence-electron chi connectivity index (χ1n) is 8.57. The van der Waals surface area contributed by atoms with Crippen LogP contribution >= 0.6 is 22.7 Å². The minimum absolute atomic E-state index is 0.169. The van der Waals surface area contributed by atoms with Crippen molar-refractivity contribution in [2.24, 2.45) is 4.99 Å². The van der Waals surface area contributed by atoms with E-state index in [4.69, 9.17) is 4.74 Å². The number of thiazole rings is 1. The molecule has 2 heterocycles. The molecule has 154 valence electrons. The fourth-order valence-corrected chi connectivity index (χ4v) is 4.05. The Balaban J connectivity index is 1.53. The molecule has 0 aliphatic rings. The average molecular weight is 441 g/mol. The Hall–Kier alpha value is -2.59. The van der Waals surface area contributed by atoms with E-state index in [0.717, 1.165) is 38.5 Å². The number of alkyl halides is 3. The number of methoxy groups -OCH3 is 1. The SMILES string of the molecule is CN=C(NCc1cc(-c2ccc(OC)cc2)cs1)NCc1nc(C(F)(F)F)cs1. The van der Waals surface area contributed by atoms with Crippen LogP contribution < -0.4 is 15.4 Å². The predicted molar refractivity (Wildman–Crippen MR) is 110 cm³/mol. The molecule has 0 unspecified atom stereocenters. The first kappa shape index (κ1) is 21.1. The summed E-state index contributed by atoms with van der Waals surface area (Å²) in [6.07, 6.45) is -4.42. The highest BCUT2D eigenvalue weighted by molar-refractivity contribution is 7.10. The molecule has 3 aromatic rings. The van der Waals surface area contributed by atoms with Crippen LogP contribution in [0.15, 0.2) is 46.1 Å². The zero-order valence-corrected chi connectivity index (χ0v) is 17.3. The van der Waals surface area contributed by atoms with Crippen molar-refractivity contribution in [1.82, 2.24) is 15.6 Å². The Bertz CT molecular complexity index is 964. The van der Waals surface area contributed by atoms with Crippen molar-refractivity contribution in [2.75, 3.05) is 14.2 Å². The summed E-state index contributed by atoms with van der Waals surface area (Å²) >= 11 is 2.58. The number of nitrogens with one attached hydrogen (secondary N) is 2. The molecule has 0 fully saturated rings. The number of hydrogen-bond acceptors (Lipinski definition) is 5. The number of thiophene rings is 1. The number of guanidine groups is 1. The molecular weight excluding hydrogens is 421 g/mol. The van der Waals surface area contributed by atoms with Crippen LogP contribution in [-0.4, -0.2) is 25.1 Å². The Morgan fingerprint density at radius 1 is 1.07 bits per heavy atom. The summed E-state index contributed by atoms with van der Waals surface area (Å²) < 4.78 is 43.0. The third-order valence-corrected chi connectivity index (χ3v) is 5.77. The molecule has 0 radical (unpaired) electrons. The van der Waals surface area contributed by atoms with Gasteiger partial charge < -0.3 is 15.4 Å². The molecule has 0 aliphatic heterocycles. The van der Waals surface area contributed by atoms with Crippen LogP contribution in [0.25, 0.3) is 11.1 Å². The number of hydrogen-bond donors (Lipinski definition) is 2. The predicted octanol–water partition coefficient (Wildman–Crippen LogP) is 4.76. The first-order chi connectivity index (χ1) is 13.9. The van der Waals surface area contributed by atoms with Gasteiger partial charge in [-0.15, -0.1) is 22.7 Å². The number of aliphatic imine (C=N–C) groups is 1. The summed E-state index contributed by atoms with van der Waals surface area (Å²) in [5.41, 5.74) is 1.34. The lowest BCUT2D eigenvalue weighted by molar-refractivity contribution is -0.140. The molecular formula is C19H19F3N4OS2. The van der Waals surface area contributed by atoms with Crippen molar-refractivity contribution in [3.63, 3.8) is 0 Å². The lowest BCUT2D eigenvalue weighted by Crippen LogP contribution is -2.36. The third-order valence-electron chi connectivity index (χ3n) is 3.98.